The van der Waals surface area contributed by atoms with Gasteiger partial charge in [-0.3, -0.25) is 0 Å². The van der Waals surface area contributed by atoms with Crippen molar-refractivity contribution in [3.05, 3.63) is 65.2 Å². The van der Waals surface area contributed by atoms with Crippen LogP contribution < -0.4 is 15.4 Å². The van der Waals surface area contributed by atoms with E-state index in [1.54, 1.807) is 0 Å². The van der Waals surface area contributed by atoms with Gasteiger partial charge in [-0.2, -0.15) is 0 Å². The Morgan fingerprint density at radius 1 is 1.04 bits per heavy atom. The molecule has 0 aliphatic carbocycles. The topological polar surface area (TPSA) is 65.9 Å². The Balaban J connectivity index is 1.84. The molecule has 0 aliphatic rings. The summed E-state index contributed by atoms with van der Waals surface area (Å²) in [5.41, 5.74) is 3.15. The summed E-state index contributed by atoms with van der Waals surface area (Å²) in [6.45, 7) is 6.63. The van der Waals surface area contributed by atoms with Gasteiger partial charge >= 0.3 is 0 Å². The van der Waals surface area contributed by atoms with Crippen molar-refractivity contribution in [2.75, 3.05) is 19.7 Å². The zero-order chi connectivity index (χ0) is 17.9. The van der Waals surface area contributed by atoms with Crippen molar-refractivity contribution >= 4 is 5.96 Å². The maximum atomic E-state index is 9.39. The molecule has 2 aromatic carbocycles. The van der Waals surface area contributed by atoms with Gasteiger partial charge in [-0.15, -0.1) is 0 Å². The lowest BCUT2D eigenvalue weighted by Crippen LogP contribution is -2.39. The number of nitrogens with one attached hydrogen (secondary N) is 2. The van der Waals surface area contributed by atoms with Crippen molar-refractivity contribution in [1.82, 2.24) is 10.6 Å². The van der Waals surface area contributed by atoms with Crippen LogP contribution in [0.3, 0.4) is 0 Å². The monoisotopic (exact) mass is 341 g/mol. The van der Waals surface area contributed by atoms with E-state index in [9.17, 15) is 5.11 Å². The summed E-state index contributed by atoms with van der Waals surface area (Å²) in [6, 6.07) is 15.8. The van der Waals surface area contributed by atoms with E-state index in [4.69, 9.17) is 4.74 Å². The first-order valence-electron chi connectivity index (χ1n) is 8.62. The number of aliphatic hydroxyl groups excluding tert-OH is 1. The zero-order valence-electron chi connectivity index (χ0n) is 15.0. The maximum absolute atomic E-state index is 9.39. The molecule has 25 heavy (non-hydrogen) atoms. The molecule has 0 radical (unpaired) electrons. The van der Waals surface area contributed by atoms with Crippen molar-refractivity contribution < 1.29 is 9.84 Å². The quantitative estimate of drug-likeness (QED) is 0.392. The third-order valence-electron chi connectivity index (χ3n) is 3.72. The van der Waals surface area contributed by atoms with Crippen LogP contribution in [0, 0.1) is 6.92 Å². The third kappa shape index (κ3) is 6.47. The van der Waals surface area contributed by atoms with E-state index in [0.717, 1.165) is 29.4 Å². The molecule has 5 heteroatoms. The fourth-order valence-electron chi connectivity index (χ4n) is 2.34. The highest BCUT2D eigenvalue weighted by atomic mass is 16.5. The lowest BCUT2D eigenvalue weighted by molar-refractivity contribution is 0.280. The number of nitrogens with zero attached hydrogens (tertiary/aromatic N) is 1. The number of benzene rings is 2. The summed E-state index contributed by atoms with van der Waals surface area (Å²) >= 11 is 0. The molecule has 0 unspecified atom stereocenters. The number of ether oxygens (including phenoxy) is 1. The van der Waals surface area contributed by atoms with E-state index >= 15 is 0 Å². The van der Waals surface area contributed by atoms with Crippen LogP contribution in [0.4, 0.5) is 0 Å². The molecule has 0 spiro atoms. The Labute approximate surface area is 149 Å². The smallest absolute Gasteiger partial charge is 0.191 e. The minimum absolute atomic E-state index is 0.0278. The minimum atomic E-state index is 0.0278. The predicted molar refractivity (Wildman–Crippen MR) is 102 cm³/mol. The second-order valence-corrected chi connectivity index (χ2v) is 5.71. The highest BCUT2D eigenvalue weighted by Crippen LogP contribution is 2.11. The molecule has 0 aliphatic heterocycles. The Morgan fingerprint density at radius 2 is 1.76 bits per heavy atom. The second kappa shape index (κ2) is 10.4. The number of aryl methyl sites for hydroxylation is 1. The predicted octanol–water partition coefficient (Wildman–Crippen LogP) is 2.62. The molecular formula is C20H27N3O2. The van der Waals surface area contributed by atoms with Gasteiger partial charge < -0.3 is 20.5 Å². The van der Waals surface area contributed by atoms with E-state index in [1.165, 1.54) is 5.56 Å². The molecule has 5 nitrogen and oxygen atoms in total. The van der Waals surface area contributed by atoms with Crippen LogP contribution in [0.25, 0.3) is 0 Å². The second-order valence-electron chi connectivity index (χ2n) is 5.71. The summed E-state index contributed by atoms with van der Waals surface area (Å²) in [5, 5.41) is 15.9. The molecule has 0 amide bonds. The first-order valence-corrected chi connectivity index (χ1v) is 8.62. The first-order chi connectivity index (χ1) is 12.2. The molecular weight excluding hydrogens is 314 g/mol. The molecule has 3 N–H and O–H groups in total. The van der Waals surface area contributed by atoms with Crippen molar-refractivity contribution in [2.45, 2.75) is 27.0 Å². The number of hydrogen-bond donors (Lipinski definition) is 3. The molecule has 0 saturated heterocycles. The normalized spacial score (nSPS) is 11.2. The maximum Gasteiger partial charge on any atom is 0.191 e. The summed E-state index contributed by atoms with van der Waals surface area (Å²) < 4.78 is 5.71. The molecule has 0 fully saturated rings. The summed E-state index contributed by atoms with van der Waals surface area (Å²) in [4.78, 5) is 4.58. The van der Waals surface area contributed by atoms with Crippen LogP contribution in [-0.4, -0.2) is 30.8 Å². The lowest BCUT2D eigenvalue weighted by atomic mass is 10.1. The lowest BCUT2D eigenvalue weighted by Gasteiger charge is -2.13. The molecule has 2 rings (SSSR count). The number of aliphatic hydroxyl groups is 1. The Kier molecular flexibility index (Phi) is 7.79. The van der Waals surface area contributed by atoms with Gasteiger partial charge in [0.05, 0.1) is 19.7 Å². The highest BCUT2D eigenvalue weighted by Gasteiger charge is 2.02. The van der Waals surface area contributed by atoms with Crippen molar-refractivity contribution in [2.24, 2.45) is 4.99 Å². The minimum Gasteiger partial charge on any atom is -0.492 e. The summed E-state index contributed by atoms with van der Waals surface area (Å²) in [5.74, 6) is 1.61. The van der Waals surface area contributed by atoms with E-state index in [0.29, 0.717) is 19.7 Å². The fourth-order valence-corrected chi connectivity index (χ4v) is 2.34. The largest absolute Gasteiger partial charge is 0.492 e. The third-order valence-corrected chi connectivity index (χ3v) is 3.72. The molecule has 134 valence electrons. The number of hydrogen-bond acceptors (Lipinski definition) is 3. The fraction of sp³-hybridized carbons (Fsp3) is 0.350. The van der Waals surface area contributed by atoms with Gasteiger partial charge in [-0.1, -0.05) is 42.0 Å². The molecule has 0 heterocycles. The van der Waals surface area contributed by atoms with Crippen LogP contribution >= 0.6 is 0 Å². The van der Waals surface area contributed by atoms with E-state index in [-0.39, 0.29) is 6.61 Å². The molecule has 0 bridgehead atoms. The summed E-state index contributed by atoms with van der Waals surface area (Å²) in [6.07, 6.45) is 0. The Bertz CT molecular complexity index is 669. The van der Waals surface area contributed by atoms with Gasteiger partial charge in [0.1, 0.15) is 12.4 Å². The van der Waals surface area contributed by atoms with Crippen molar-refractivity contribution in [3.63, 3.8) is 0 Å². The number of guanidine groups is 1. The summed E-state index contributed by atoms with van der Waals surface area (Å²) in [7, 11) is 0. The number of aliphatic imine (C=N–C) groups is 1. The van der Waals surface area contributed by atoms with Crippen molar-refractivity contribution in [3.8, 4) is 5.75 Å². The Hall–Kier alpha value is -2.53. The van der Waals surface area contributed by atoms with Crippen LogP contribution in [0.15, 0.2) is 53.5 Å². The SMILES string of the molecule is CCNC(=NCc1ccccc1CO)NCCOc1ccc(C)cc1. The first kappa shape index (κ1) is 18.8. The molecule has 0 atom stereocenters. The average molecular weight is 341 g/mol. The standard InChI is InChI=1S/C20H27N3O2/c1-3-21-20(23-14-17-6-4-5-7-18(17)15-24)22-12-13-25-19-10-8-16(2)9-11-19/h4-11,24H,3,12-15H2,1-2H3,(H2,21,22,23). The number of rotatable bonds is 8. The molecule has 0 aromatic heterocycles. The van der Waals surface area contributed by atoms with Crippen molar-refractivity contribution in [1.29, 1.82) is 0 Å². The molecule has 2 aromatic rings. The van der Waals surface area contributed by atoms with E-state index in [1.807, 2.05) is 55.5 Å². The van der Waals surface area contributed by atoms with Crippen LogP contribution in [-0.2, 0) is 13.2 Å². The zero-order valence-corrected chi connectivity index (χ0v) is 15.0. The van der Waals surface area contributed by atoms with Gasteiger partial charge in [0, 0.05) is 6.54 Å². The highest BCUT2D eigenvalue weighted by molar-refractivity contribution is 5.79. The van der Waals surface area contributed by atoms with Gasteiger partial charge in [-0.05, 0) is 37.1 Å². The van der Waals surface area contributed by atoms with Crippen LogP contribution in [0.5, 0.6) is 5.75 Å². The Morgan fingerprint density at radius 3 is 2.44 bits per heavy atom. The van der Waals surface area contributed by atoms with E-state index < -0.39 is 0 Å². The molecule has 0 saturated carbocycles. The van der Waals surface area contributed by atoms with Gasteiger partial charge in [0.2, 0.25) is 0 Å². The van der Waals surface area contributed by atoms with Crippen LogP contribution in [0.1, 0.15) is 23.6 Å². The van der Waals surface area contributed by atoms with Gasteiger partial charge in [0.25, 0.3) is 0 Å². The average Bonchev–Trinajstić information content (AvgIpc) is 2.64. The van der Waals surface area contributed by atoms with Gasteiger partial charge in [-0.25, -0.2) is 4.99 Å². The van der Waals surface area contributed by atoms with Gasteiger partial charge in [0.15, 0.2) is 5.96 Å². The van der Waals surface area contributed by atoms with E-state index in [2.05, 4.69) is 22.5 Å². The van der Waals surface area contributed by atoms with Crippen LogP contribution in [0.2, 0.25) is 0 Å².